The van der Waals surface area contributed by atoms with Crippen LogP contribution in [0, 0.1) is 5.92 Å². The molecule has 4 aliphatic heterocycles. The van der Waals surface area contributed by atoms with Gasteiger partial charge in [-0.1, -0.05) is 18.2 Å². The molecule has 6 nitrogen and oxygen atoms in total. The fourth-order valence-corrected chi connectivity index (χ4v) is 5.75. The minimum Gasteiger partial charge on any atom is -0.340 e. The maximum atomic E-state index is 12.8. The van der Waals surface area contributed by atoms with Crippen LogP contribution in [0.4, 0.5) is 5.69 Å². The summed E-state index contributed by atoms with van der Waals surface area (Å²) in [7, 11) is 0. The molecule has 3 saturated heterocycles. The summed E-state index contributed by atoms with van der Waals surface area (Å²) in [5, 5.41) is 3.66. The number of piperazine rings is 1. The van der Waals surface area contributed by atoms with E-state index in [0.717, 1.165) is 57.7 Å². The number of hydrogen-bond donors (Lipinski definition) is 1. The molecule has 0 radical (unpaired) electrons. The van der Waals surface area contributed by atoms with Crippen LogP contribution in [0.5, 0.6) is 0 Å². The van der Waals surface area contributed by atoms with Gasteiger partial charge < -0.3 is 15.1 Å². The molecule has 3 fully saturated rings. The van der Waals surface area contributed by atoms with Gasteiger partial charge in [0.05, 0.1) is 6.54 Å². The van der Waals surface area contributed by atoms with Crippen molar-refractivity contribution in [1.29, 1.82) is 0 Å². The number of fused-ring (bicyclic) bond motifs is 3. The van der Waals surface area contributed by atoms with Gasteiger partial charge in [-0.25, -0.2) is 0 Å². The quantitative estimate of drug-likeness (QED) is 0.841. The van der Waals surface area contributed by atoms with Crippen LogP contribution in [-0.4, -0.2) is 73.0 Å². The van der Waals surface area contributed by atoms with Crippen molar-refractivity contribution in [1.82, 2.24) is 15.1 Å². The summed E-state index contributed by atoms with van der Waals surface area (Å²) in [5.41, 5.74) is 2.34. The molecule has 4 aliphatic rings. The summed E-state index contributed by atoms with van der Waals surface area (Å²) >= 11 is 0. The molecule has 0 aliphatic carbocycles. The van der Waals surface area contributed by atoms with E-state index in [-0.39, 0.29) is 5.91 Å². The number of rotatable bonds is 4. The molecule has 0 aromatic heterocycles. The maximum absolute atomic E-state index is 12.8. The van der Waals surface area contributed by atoms with Crippen molar-refractivity contribution < 1.29 is 9.59 Å². The van der Waals surface area contributed by atoms with Crippen LogP contribution < -0.4 is 10.2 Å². The number of amides is 2. The van der Waals surface area contributed by atoms with Gasteiger partial charge in [-0.3, -0.25) is 14.5 Å². The van der Waals surface area contributed by atoms with Crippen molar-refractivity contribution in [2.24, 2.45) is 5.92 Å². The van der Waals surface area contributed by atoms with Crippen LogP contribution in [0.3, 0.4) is 0 Å². The molecule has 6 heteroatoms. The highest BCUT2D eigenvalue weighted by Gasteiger charge is 2.35. The van der Waals surface area contributed by atoms with Gasteiger partial charge in [-0.05, 0) is 49.7 Å². The zero-order valence-electron chi connectivity index (χ0n) is 17.2. The third-order valence-electron chi connectivity index (χ3n) is 7.31. The SMILES string of the molecule is O=C(CC1CC2CCC(C1)N2)N1CCN(CC(=O)N2CCc3ccccc32)CC1. The molecule has 1 N–H and O–H groups in total. The molecular weight excluding hydrogens is 364 g/mol. The van der Waals surface area contributed by atoms with Crippen molar-refractivity contribution in [2.75, 3.05) is 44.2 Å². The Balaban J connectivity index is 1.08. The normalized spacial score (nSPS) is 29.2. The molecule has 2 atom stereocenters. The maximum Gasteiger partial charge on any atom is 0.241 e. The first-order valence-corrected chi connectivity index (χ1v) is 11.3. The summed E-state index contributed by atoms with van der Waals surface area (Å²) in [6.07, 6.45) is 6.54. The molecule has 156 valence electrons. The molecule has 2 bridgehead atoms. The number of carbonyl (C=O) groups is 2. The van der Waals surface area contributed by atoms with Gasteiger partial charge in [-0.2, -0.15) is 0 Å². The Bertz CT molecular complexity index is 762. The van der Waals surface area contributed by atoms with E-state index in [0.29, 0.717) is 36.9 Å². The van der Waals surface area contributed by atoms with Crippen LogP contribution in [0.2, 0.25) is 0 Å². The highest BCUT2D eigenvalue weighted by Crippen LogP contribution is 2.33. The van der Waals surface area contributed by atoms with Crippen LogP contribution in [0.15, 0.2) is 24.3 Å². The van der Waals surface area contributed by atoms with Crippen LogP contribution in [0.1, 0.15) is 37.7 Å². The Kier molecular flexibility index (Phi) is 5.31. The number of para-hydroxylation sites is 1. The Morgan fingerprint density at radius 3 is 2.41 bits per heavy atom. The van der Waals surface area contributed by atoms with E-state index in [1.165, 1.54) is 18.4 Å². The van der Waals surface area contributed by atoms with Crippen LogP contribution in [-0.2, 0) is 16.0 Å². The number of hydrogen-bond acceptors (Lipinski definition) is 4. The molecule has 5 rings (SSSR count). The third kappa shape index (κ3) is 4.05. The van der Waals surface area contributed by atoms with Crippen molar-refractivity contribution in [2.45, 2.75) is 50.6 Å². The van der Waals surface area contributed by atoms with E-state index in [4.69, 9.17) is 0 Å². The Morgan fingerprint density at radius 2 is 1.66 bits per heavy atom. The molecule has 4 heterocycles. The number of benzene rings is 1. The van der Waals surface area contributed by atoms with E-state index < -0.39 is 0 Å². The number of nitrogens with zero attached hydrogens (tertiary/aromatic N) is 3. The fraction of sp³-hybridized carbons (Fsp3) is 0.652. The summed E-state index contributed by atoms with van der Waals surface area (Å²) in [6, 6.07) is 9.49. The van der Waals surface area contributed by atoms with Gasteiger partial charge in [0.15, 0.2) is 0 Å². The van der Waals surface area contributed by atoms with Gasteiger partial charge in [0.25, 0.3) is 0 Å². The molecule has 29 heavy (non-hydrogen) atoms. The summed E-state index contributed by atoms with van der Waals surface area (Å²) in [4.78, 5) is 31.8. The lowest BCUT2D eigenvalue weighted by molar-refractivity contribution is -0.134. The second kappa shape index (κ2) is 8.07. The van der Waals surface area contributed by atoms with Crippen molar-refractivity contribution in [3.8, 4) is 0 Å². The molecule has 1 aromatic rings. The molecule has 0 saturated carbocycles. The Labute approximate surface area is 173 Å². The zero-order chi connectivity index (χ0) is 19.8. The summed E-state index contributed by atoms with van der Waals surface area (Å²) in [6.45, 7) is 4.33. The lowest BCUT2D eigenvalue weighted by Crippen LogP contribution is -2.52. The molecule has 0 spiro atoms. The van der Waals surface area contributed by atoms with Gasteiger partial charge in [0.1, 0.15) is 0 Å². The first-order chi connectivity index (χ1) is 14.2. The number of piperidine rings is 1. The first kappa shape index (κ1) is 19.1. The molecule has 2 unspecified atom stereocenters. The summed E-state index contributed by atoms with van der Waals surface area (Å²) < 4.78 is 0. The third-order valence-corrected chi connectivity index (χ3v) is 7.31. The van der Waals surface area contributed by atoms with Crippen molar-refractivity contribution in [3.63, 3.8) is 0 Å². The lowest BCUT2D eigenvalue weighted by atomic mass is 9.89. The summed E-state index contributed by atoms with van der Waals surface area (Å²) in [5.74, 6) is 1.05. The molecular formula is C23H32N4O2. The van der Waals surface area contributed by atoms with E-state index in [1.54, 1.807) is 0 Å². The largest absolute Gasteiger partial charge is 0.340 e. The zero-order valence-corrected chi connectivity index (χ0v) is 17.2. The van der Waals surface area contributed by atoms with Gasteiger partial charge in [0.2, 0.25) is 11.8 Å². The van der Waals surface area contributed by atoms with E-state index in [9.17, 15) is 9.59 Å². The monoisotopic (exact) mass is 396 g/mol. The van der Waals surface area contributed by atoms with Crippen LogP contribution >= 0.6 is 0 Å². The topological polar surface area (TPSA) is 55.9 Å². The van der Waals surface area contributed by atoms with Crippen molar-refractivity contribution in [3.05, 3.63) is 29.8 Å². The minimum atomic E-state index is 0.180. The van der Waals surface area contributed by atoms with Gasteiger partial charge in [0, 0.05) is 56.9 Å². The smallest absolute Gasteiger partial charge is 0.241 e. The molecule has 1 aromatic carbocycles. The Hall–Kier alpha value is -1.92. The average Bonchev–Trinajstić information content (AvgIpc) is 3.31. The standard InChI is InChI=1S/C23H32N4O2/c28-22(15-17-13-19-5-6-20(14-17)24-19)26-11-9-25(10-12-26)16-23(29)27-8-7-18-3-1-2-4-21(18)27/h1-4,17,19-20,24H,5-16H2. The van der Waals surface area contributed by atoms with E-state index in [1.807, 2.05) is 28.0 Å². The number of carbonyl (C=O) groups excluding carboxylic acids is 2. The Morgan fingerprint density at radius 1 is 0.931 bits per heavy atom. The van der Waals surface area contributed by atoms with Crippen LogP contribution in [0.25, 0.3) is 0 Å². The highest BCUT2D eigenvalue weighted by molar-refractivity contribution is 5.96. The average molecular weight is 397 g/mol. The number of nitrogens with one attached hydrogen (secondary N) is 1. The van der Waals surface area contributed by atoms with E-state index in [2.05, 4.69) is 16.3 Å². The second-order valence-electron chi connectivity index (χ2n) is 9.26. The first-order valence-electron chi connectivity index (χ1n) is 11.3. The predicted octanol–water partition coefficient (Wildman–Crippen LogP) is 1.64. The van der Waals surface area contributed by atoms with Gasteiger partial charge in [-0.15, -0.1) is 0 Å². The fourth-order valence-electron chi connectivity index (χ4n) is 5.75. The number of anilines is 1. The second-order valence-corrected chi connectivity index (χ2v) is 9.26. The lowest BCUT2D eigenvalue weighted by Gasteiger charge is -2.36. The predicted molar refractivity (Wildman–Crippen MR) is 113 cm³/mol. The highest BCUT2D eigenvalue weighted by atomic mass is 16.2. The van der Waals surface area contributed by atoms with Gasteiger partial charge >= 0.3 is 0 Å². The van der Waals surface area contributed by atoms with E-state index >= 15 is 0 Å². The minimum absolute atomic E-state index is 0.180. The molecule has 2 amide bonds. The van der Waals surface area contributed by atoms with Crippen molar-refractivity contribution >= 4 is 17.5 Å².